The van der Waals surface area contributed by atoms with Gasteiger partial charge in [-0.05, 0) is 32.4 Å². The normalized spacial score (nSPS) is 18.5. The molecule has 0 spiro atoms. The number of carbonyl (C=O) groups is 1. The summed E-state index contributed by atoms with van der Waals surface area (Å²) in [6, 6.07) is 9.98. The number of rotatable bonds is 3. The van der Waals surface area contributed by atoms with Crippen molar-refractivity contribution in [2.75, 3.05) is 13.1 Å². The van der Waals surface area contributed by atoms with Crippen molar-refractivity contribution in [3.63, 3.8) is 0 Å². The summed E-state index contributed by atoms with van der Waals surface area (Å²) in [5.74, 6) is 0.544. The van der Waals surface area contributed by atoms with Crippen molar-refractivity contribution < 1.29 is 4.79 Å². The number of amides is 1. The maximum Gasteiger partial charge on any atom is 0.254 e. The van der Waals surface area contributed by atoms with E-state index in [-0.39, 0.29) is 11.9 Å². The van der Waals surface area contributed by atoms with Gasteiger partial charge in [-0.25, -0.2) is 9.97 Å². The van der Waals surface area contributed by atoms with Crippen LogP contribution in [0.3, 0.4) is 0 Å². The van der Waals surface area contributed by atoms with Crippen molar-refractivity contribution in [3.8, 4) is 11.4 Å². The highest BCUT2D eigenvalue weighted by Crippen LogP contribution is 2.13. The molecule has 2 heterocycles. The summed E-state index contributed by atoms with van der Waals surface area (Å²) in [7, 11) is 0. The molecule has 5 nitrogen and oxygen atoms in total. The molecule has 3 rings (SSSR count). The molecule has 1 aliphatic heterocycles. The number of aromatic nitrogens is 2. The highest BCUT2D eigenvalue weighted by Gasteiger charge is 2.16. The molecule has 5 heteroatoms. The molecule has 1 amide bonds. The smallest absolute Gasteiger partial charge is 0.254 e. The Kier molecular flexibility index (Phi) is 4.75. The van der Waals surface area contributed by atoms with Crippen molar-refractivity contribution in [2.45, 2.75) is 25.3 Å². The van der Waals surface area contributed by atoms with Crippen molar-refractivity contribution in [3.05, 3.63) is 48.3 Å². The van der Waals surface area contributed by atoms with Gasteiger partial charge in [-0.1, -0.05) is 30.3 Å². The third kappa shape index (κ3) is 3.68. The summed E-state index contributed by atoms with van der Waals surface area (Å²) in [4.78, 5) is 20.9. The lowest BCUT2D eigenvalue weighted by atomic mass is 10.1. The highest BCUT2D eigenvalue weighted by molar-refractivity contribution is 5.93. The molecule has 0 saturated carbocycles. The standard InChI is InChI=1S/C17H20N4O/c22-17(21-15-7-4-9-18-10-8-15)14-11-19-16(20-12-14)13-5-2-1-3-6-13/h1-3,5-6,11-12,15,18H,4,7-10H2,(H,21,22). The molecule has 0 bridgehead atoms. The number of carbonyl (C=O) groups excluding carboxylic acids is 1. The van der Waals surface area contributed by atoms with E-state index in [0.717, 1.165) is 37.9 Å². The zero-order valence-corrected chi connectivity index (χ0v) is 12.5. The average Bonchev–Trinajstić information content (AvgIpc) is 2.84. The van der Waals surface area contributed by atoms with Gasteiger partial charge in [0, 0.05) is 24.0 Å². The van der Waals surface area contributed by atoms with Gasteiger partial charge in [0.2, 0.25) is 0 Å². The van der Waals surface area contributed by atoms with Crippen molar-refractivity contribution >= 4 is 5.91 Å². The molecule has 1 aromatic heterocycles. The van der Waals surface area contributed by atoms with Gasteiger partial charge in [0.05, 0.1) is 5.56 Å². The van der Waals surface area contributed by atoms with E-state index in [0.29, 0.717) is 11.4 Å². The van der Waals surface area contributed by atoms with Gasteiger partial charge in [-0.3, -0.25) is 4.79 Å². The third-order valence-corrected chi connectivity index (χ3v) is 3.86. The van der Waals surface area contributed by atoms with E-state index in [9.17, 15) is 4.79 Å². The van der Waals surface area contributed by atoms with Crippen LogP contribution in [0.4, 0.5) is 0 Å². The zero-order valence-electron chi connectivity index (χ0n) is 12.5. The van der Waals surface area contributed by atoms with Crippen LogP contribution in [0.15, 0.2) is 42.7 Å². The summed E-state index contributed by atoms with van der Waals surface area (Å²) < 4.78 is 0. The van der Waals surface area contributed by atoms with E-state index in [1.807, 2.05) is 30.3 Å². The number of nitrogens with one attached hydrogen (secondary N) is 2. The van der Waals surface area contributed by atoms with Gasteiger partial charge >= 0.3 is 0 Å². The zero-order chi connectivity index (χ0) is 15.2. The maximum absolute atomic E-state index is 12.3. The Morgan fingerprint density at radius 2 is 1.86 bits per heavy atom. The molecule has 0 aliphatic carbocycles. The van der Waals surface area contributed by atoms with E-state index < -0.39 is 0 Å². The lowest BCUT2D eigenvalue weighted by Gasteiger charge is -2.15. The van der Waals surface area contributed by atoms with Crippen LogP contribution in [0.5, 0.6) is 0 Å². The van der Waals surface area contributed by atoms with Crippen LogP contribution in [0.2, 0.25) is 0 Å². The number of hydrogen-bond acceptors (Lipinski definition) is 4. The third-order valence-electron chi connectivity index (χ3n) is 3.86. The van der Waals surface area contributed by atoms with E-state index in [1.165, 1.54) is 0 Å². The molecule has 1 unspecified atom stereocenters. The Hall–Kier alpha value is -2.27. The fourth-order valence-electron chi connectivity index (χ4n) is 2.61. The van der Waals surface area contributed by atoms with Crippen LogP contribution in [0.1, 0.15) is 29.6 Å². The van der Waals surface area contributed by atoms with Crippen LogP contribution in [-0.4, -0.2) is 35.0 Å². The van der Waals surface area contributed by atoms with Gasteiger partial charge in [-0.2, -0.15) is 0 Å². The van der Waals surface area contributed by atoms with Gasteiger partial charge in [0.25, 0.3) is 5.91 Å². The van der Waals surface area contributed by atoms with Crippen molar-refractivity contribution in [1.29, 1.82) is 0 Å². The summed E-state index contributed by atoms with van der Waals surface area (Å²) >= 11 is 0. The Morgan fingerprint density at radius 3 is 2.64 bits per heavy atom. The molecule has 1 fully saturated rings. The molecule has 2 aromatic rings. The molecule has 22 heavy (non-hydrogen) atoms. The second-order valence-corrected chi connectivity index (χ2v) is 5.51. The minimum atomic E-state index is -0.0912. The van der Waals surface area contributed by atoms with Crippen LogP contribution < -0.4 is 10.6 Å². The van der Waals surface area contributed by atoms with E-state index in [2.05, 4.69) is 20.6 Å². The lowest BCUT2D eigenvalue weighted by Crippen LogP contribution is -2.35. The summed E-state index contributed by atoms with van der Waals surface area (Å²) in [6.45, 7) is 1.98. The number of hydrogen-bond donors (Lipinski definition) is 2. The average molecular weight is 296 g/mol. The lowest BCUT2D eigenvalue weighted by molar-refractivity contribution is 0.0933. The van der Waals surface area contributed by atoms with Crippen LogP contribution in [0, 0.1) is 0 Å². The minimum Gasteiger partial charge on any atom is -0.349 e. The SMILES string of the molecule is O=C(NC1CCCNCC1)c1cnc(-c2ccccc2)nc1. The molecule has 1 aliphatic rings. The monoisotopic (exact) mass is 296 g/mol. The van der Waals surface area contributed by atoms with Gasteiger partial charge in [-0.15, -0.1) is 0 Å². The number of nitrogens with zero attached hydrogens (tertiary/aromatic N) is 2. The predicted molar refractivity (Wildman–Crippen MR) is 85.4 cm³/mol. The summed E-state index contributed by atoms with van der Waals surface area (Å²) in [5, 5.41) is 6.42. The first kappa shape index (κ1) is 14.7. The first-order valence-electron chi connectivity index (χ1n) is 7.72. The highest BCUT2D eigenvalue weighted by atomic mass is 16.1. The summed E-state index contributed by atoms with van der Waals surface area (Å²) in [5.41, 5.74) is 1.46. The molecular weight excluding hydrogens is 276 g/mol. The molecule has 1 atom stereocenters. The topological polar surface area (TPSA) is 66.9 Å². The minimum absolute atomic E-state index is 0.0912. The maximum atomic E-state index is 12.3. The second kappa shape index (κ2) is 7.13. The van der Waals surface area contributed by atoms with E-state index in [1.54, 1.807) is 12.4 Å². The fourth-order valence-corrected chi connectivity index (χ4v) is 2.61. The predicted octanol–water partition coefficient (Wildman–Crippen LogP) is 2.02. The fraction of sp³-hybridized carbons (Fsp3) is 0.353. The molecule has 0 radical (unpaired) electrons. The van der Waals surface area contributed by atoms with Crippen LogP contribution in [-0.2, 0) is 0 Å². The van der Waals surface area contributed by atoms with Crippen molar-refractivity contribution in [2.24, 2.45) is 0 Å². The van der Waals surface area contributed by atoms with Crippen molar-refractivity contribution in [1.82, 2.24) is 20.6 Å². The van der Waals surface area contributed by atoms with Gasteiger partial charge in [0.15, 0.2) is 5.82 Å². The molecule has 1 saturated heterocycles. The molecule has 114 valence electrons. The summed E-state index contributed by atoms with van der Waals surface area (Å²) in [6.07, 6.45) is 6.27. The molecule has 2 N–H and O–H groups in total. The van der Waals surface area contributed by atoms with E-state index in [4.69, 9.17) is 0 Å². The quantitative estimate of drug-likeness (QED) is 0.909. The molecular formula is C17H20N4O. The van der Waals surface area contributed by atoms with Crippen LogP contribution >= 0.6 is 0 Å². The largest absolute Gasteiger partial charge is 0.349 e. The Labute approximate surface area is 130 Å². The van der Waals surface area contributed by atoms with E-state index >= 15 is 0 Å². The Balaban J connectivity index is 1.66. The first-order valence-corrected chi connectivity index (χ1v) is 7.72. The first-order chi connectivity index (χ1) is 10.8. The van der Waals surface area contributed by atoms with Crippen LogP contribution in [0.25, 0.3) is 11.4 Å². The molecule has 1 aromatic carbocycles. The number of benzene rings is 1. The van der Waals surface area contributed by atoms with Gasteiger partial charge in [0.1, 0.15) is 0 Å². The Morgan fingerprint density at radius 1 is 1.09 bits per heavy atom. The second-order valence-electron chi connectivity index (χ2n) is 5.51. The Bertz CT molecular complexity index is 604. The van der Waals surface area contributed by atoms with Gasteiger partial charge < -0.3 is 10.6 Å².